The van der Waals surface area contributed by atoms with Gasteiger partial charge in [-0.25, -0.2) is 15.0 Å². The number of aryl methyl sites for hydroxylation is 1. The van der Waals surface area contributed by atoms with Crippen LogP contribution in [0.5, 0.6) is 0 Å². The zero-order valence-corrected chi connectivity index (χ0v) is 20.2. The van der Waals surface area contributed by atoms with Gasteiger partial charge in [0.1, 0.15) is 4.83 Å². The Morgan fingerprint density at radius 1 is 0.969 bits per heavy atom. The Balaban J connectivity index is 1.58. The van der Waals surface area contributed by atoms with Crippen molar-refractivity contribution in [2.24, 2.45) is 0 Å². The van der Waals surface area contributed by atoms with Gasteiger partial charge in [0.05, 0.1) is 15.9 Å². The van der Waals surface area contributed by atoms with Gasteiger partial charge in [0.25, 0.3) is 0 Å². The maximum absolute atomic E-state index is 5.24. The molecule has 1 aromatic carbocycles. The molecule has 0 N–H and O–H groups in total. The summed E-state index contributed by atoms with van der Waals surface area (Å²) in [4.78, 5) is 21.4. The molecule has 7 heteroatoms. The molecule has 3 aromatic heterocycles. The molecule has 0 radical (unpaired) electrons. The smallest absolute Gasteiger partial charge is 0.189 e. The third kappa shape index (κ3) is 3.29. The van der Waals surface area contributed by atoms with E-state index in [0.29, 0.717) is 0 Å². The van der Waals surface area contributed by atoms with E-state index in [-0.39, 0.29) is 0 Å². The molecule has 0 unspecified atom stereocenters. The third-order valence-electron chi connectivity index (χ3n) is 6.84. The summed E-state index contributed by atoms with van der Waals surface area (Å²) in [6.45, 7) is 7.57. The lowest BCUT2D eigenvalue weighted by atomic mass is 10.0. The topological polar surface area (TPSA) is 45.2 Å². The minimum Gasteiger partial charge on any atom is -0.353 e. The van der Waals surface area contributed by atoms with E-state index in [9.17, 15) is 0 Å². The first kappa shape index (κ1) is 20.4. The molecule has 32 heavy (non-hydrogen) atoms. The van der Waals surface area contributed by atoms with E-state index in [2.05, 4.69) is 53.3 Å². The van der Waals surface area contributed by atoms with E-state index >= 15 is 0 Å². The Morgan fingerprint density at radius 3 is 2.50 bits per heavy atom. The highest BCUT2D eigenvalue weighted by Gasteiger charge is 2.27. The van der Waals surface area contributed by atoms with Gasteiger partial charge in [-0.2, -0.15) is 0 Å². The van der Waals surface area contributed by atoms with E-state index in [1.807, 2.05) is 0 Å². The van der Waals surface area contributed by atoms with E-state index in [1.54, 1.807) is 23.1 Å². The maximum atomic E-state index is 5.24. The quantitative estimate of drug-likeness (QED) is 0.305. The van der Waals surface area contributed by atoms with Crippen molar-refractivity contribution in [3.8, 4) is 11.3 Å². The molecule has 1 saturated heterocycles. The average molecular weight is 462 g/mol. The Labute approximate surface area is 196 Å². The summed E-state index contributed by atoms with van der Waals surface area (Å²) >= 11 is 3.42. The molecular weight excluding hydrogens is 434 g/mol. The number of aromatic nitrogens is 3. The van der Waals surface area contributed by atoms with Crippen molar-refractivity contribution in [2.75, 3.05) is 43.9 Å². The van der Waals surface area contributed by atoms with Crippen LogP contribution in [-0.2, 0) is 12.8 Å². The molecular formula is C25H27N5S2. The number of thioether (sulfide) groups is 1. The van der Waals surface area contributed by atoms with Gasteiger partial charge in [-0.3, -0.25) is 0 Å². The number of benzene rings is 1. The molecule has 4 aromatic rings. The molecule has 0 spiro atoms. The first-order chi connectivity index (χ1) is 15.8. The van der Waals surface area contributed by atoms with Crippen molar-refractivity contribution < 1.29 is 0 Å². The molecule has 6 rings (SSSR count). The number of fused-ring (bicyclic) bond motifs is 5. The zero-order chi connectivity index (χ0) is 21.7. The molecule has 0 amide bonds. The van der Waals surface area contributed by atoms with Crippen LogP contribution in [0.25, 0.3) is 31.7 Å². The maximum Gasteiger partial charge on any atom is 0.189 e. The fraction of sp³-hybridized carbons (Fsp3) is 0.400. The number of likely N-dealkylation sites (N-methyl/N-ethyl adjacent to an activating group) is 1. The standard InChI is InChI=1S/C25H27N5S2/c1-3-29-12-14-30(15-13-29)23-22-21(27-25(28-23)31-2)19-17-10-7-11-18(17)20(26-24(19)32-22)16-8-5-4-6-9-16/h4-6,8-9H,3,7,10-15H2,1-2H3. The minimum atomic E-state index is 0.865. The van der Waals surface area contributed by atoms with Crippen LogP contribution in [-0.4, -0.2) is 58.8 Å². The lowest BCUT2D eigenvalue weighted by molar-refractivity contribution is 0.270. The van der Waals surface area contributed by atoms with Gasteiger partial charge in [-0.05, 0) is 43.2 Å². The highest BCUT2D eigenvalue weighted by Crippen LogP contribution is 2.44. The van der Waals surface area contributed by atoms with Gasteiger partial charge in [-0.15, -0.1) is 11.3 Å². The van der Waals surface area contributed by atoms with Crippen molar-refractivity contribution in [3.63, 3.8) is 0 Å². The van der Waals surface area contributed by atoms with Crippen molar-refractivity contribution in [2.45, 2.75) is 31.3 Å². The normalized spacial score (nSPS) is 16.9. The van der Waals surface area contributed by atoms with Crippen LogP contribution in [0.3, 0.4) is 0 Å². The highest BCUT2D eigenvalue weighted by molar-refractivity contribution is 7.98. The number of pyridine rings is 1. The average Bonchev–Trinajstić information content (AvgIpc) is 3.48. The molecule has 0 bridgehead atoms. The fourth-order valence-electron chi connectivity index (χ4n) is 5.15. The second-order valence-corrected chi connectivity index (χ2v) is 10.3. The zero-order valence-electron chi connectivity index (χ0n) is 18.6. The van der Waals surface area contributed by atoms with Gasteiger partial charge >= 0.3 is 0 Å². The summed E-state index contributed by atoms with van der Waals surface area (Å²) < 4.78 is 1.20. The molecule has 1 fully saturated rings. The fourth-order valence-corrected chi connectivity index (χ4v) is 6.67. The van der Waals surface area contributed by atoms with Crippen LogP contribution in [0.15, 0.2) is 35.5 Å². The van der Waals surface area contributed by atoms with E-state index in [1.165, 1.54) is 33.2 Å². The van der Waals surface area contributed by atoms with Crippen molar-refractivity contribution in [1.29, 1.82) is 0 Å². The number of thiophene rings is 1. The summed E-state index contributed by atoms with van der Waals surface area (Å²) in [5.74, 6) is 1.10. The second kappa shape index (κ2) is 8.28. The number of nitrogens with zero attached hydrogens (tertiary/aromatic N) is 5. The van der Waals surface area contributed by atoms with Crippen LogP contribution in [0.1, 0.15) is 24.5 Å². The molecule has 1 aliphatic heterocycles. The van der Waals surface area contributed by atoms with Gasteiger partial charge in [0, 0.05) is 37.1 Å². The molecule has 4 heterocycles. The predicted octanol–water partition coefficient (Wildman–Crippen LogP) is 5.26. The number of piperazine rings is 1. The third-order valence-corrected chi connectivity index (χ3v) is 8.46. The SMILES string of the molecule is CCN1CCN(c2nc(SC)nc3c2sc2nc(-c4ccccc4)c4c(c23)CCC4)CC1. The van der Waals surface area contributed by atoms with E-state index in [0.717, 1.165) is 72.6 Å². The van der Waals surface area contributed by atoms with Gasteiger partial charge < -0.3 is 9.80 Å². The number of anilines is 1. The Morgan fingerprint density at radius 2 is 1.75 bits per heavy atom. The van der Waals surface area contributed by atoms with Crippen LogP contribution < -0.4 is 4.90 Å². The van der Waals surface area contributed by atoms with Crippen molar-refractivity contribution in [1.82, 2.24) is 19.9 Å². The number of rotatable bonds is 4. The van der Waals surface area contributed by atoms with Gasteiger partial charge in [-0.1, -0.05) is 49.0 Å². The van der Waals surface area contributed by atoms with E-state index in [4.69, 9.17) is 15.0 Å². The summed E-state index contributed by atoms with van der Waals surface area (Å²) in [5, 5.41) is 2.15. The summed E-state index contributed by atoms with van der Waals surface area (Å²) in [5.41, 5.74) is 6.38. The van der Waals surface area contributed by atoms with E-state index < -0.39 is 0 Å². The first-order valence-electron chi connectivity index (χ1n) is 11.5. The first-order valence-corrected chi connectivity index (χ1v) is 13.5. The molecule has 0 saturated carbocycles. The van der Waals surface area contributed by atoms with Crippen LogP contribution in [0.2, 0.25) is 0 Å². The number of hydrogen-bond acceptors (Lipinski definition) is 7. The molecule has 5 nitrogen and oxygen atoms in total. The van der Waals surface area contributed by atoms with Crippen molar-refractivity contribution >= 4 is 49.3 Å². The monoisotopic (exact) mass is 461 g/mol. The predicted molar refractivity (Wildman–Crippen MR) is 136 cm³/mol. The molecule has 1 aliphatic carbocycles. The molecule has 2 aliphatic rings. The van der Waals surface area contributed by atoms with Crippen molar-refractivity contribution in [3.05, 3.63) is 41.5 Å². The lowest BCUT2D eigenvalue weighted by Crippen LogP contribution is -2.46. The Kier molecular flexibility index (Phi) is 5.28. The number of hydrogen-bond donors (Lipinski definition) is 0. The molecule has 0 atom stereocenters. The van der Waals surface area contributed by atoms with Crippen LogP contribution in [0, 0.1) is 0 Å². The Bertz CT molecular complexity index is 1290. The summed E-state index contributed by atoms with van der Waals surface area (Å²) in [6.07, 6.45) is 5.49. The summed E-state index contributed by atoms with van der Waals surface area (Å²) in [7, 11) is 0. The van der Waals surface area contributed by atoms with Gasteiger partial charge in [0.2, 0.25) is 0 Å². The lowest BCUT2D eigenvalue weighted by Gasteiger charge is -2.34. The minimum absolute atomic E-state index is 0.865. The summed E-state index contributed by atoms with van der Waals surface area (Å²) in [6, 6.07) is 10.7. The van der Waals surface area contributed by atoms with Crippen LogP contribution in [0.4, 0.5) is 5.82 Å². The van der Waals surface area contributed by atoms with Crippen LogP contribution >= 0.6 is 23.1 Å². The largest absolute Gasteiger partial charge is 0.353 e. The Hall–Kier alpha value is -2.22. The molecule has 164 valence electrons. The van der Waals surface area contributed by atoms with Gasteiger partial charge in [0.15, 0.2) is 11.0 Å². The second-order valence-electron chi connectivity index (χ2n) is 8.55. The highest BCUT2D eigenvalue weighted by atomic mass is 32.2.